The van der Waals surface area contributed by atoms with Crippen LogP contribution >= 0.6 is 0 Å². The molecule has 0 heterocycles. The second-order valence-corrected chi connectivity index (χ2v) is 5.01. The number of hydrogen-bond acceptors (Lipinski definition) is 0. The van der Waals surface area contributed by atoms with Crippen molar-refractivity contribution < 1.29 is 0 Å². The van der Waals surface area contributed by atoms with Gasteiger partial charge in [0.15, 0.2) is 0 Å². The monoisotopic (exact) mass is 154 g/mol. The van der Waals surface area contributed by atoms with Gasteiger partial charge in [0.25, 0.3) is 0 Å². The molecule has 0 aromatic heterocycles. The van der Waals surface area contributed by atoms with Crippen LogP contribution in [0.2, 0.25) is 19.5 Å². The van der Waals surface area contributed by atoms with E-state index >= 15 is 0 Å². The van der Waals surface area contributed by atoms with Crippen LogP contribution in [0, 0.1) is 5.41 Å². The SMILES string of the molecule is CCCC(B(C)C)C(C)(C)C. The van der Waals surface area contributed by atoms with Crippen molar-refractivity contribution in [3.63, 3.8) is 0 Å². The highest BCUT2D eigenvalue weighted by atomic mass is 14.2. The van der Waals surface area contributed by atoms with Gasteiger partial charge in [-0.2, -0.15) is 0 Å². The minimum atomic E-state index is 0.490. The lowest BCUT2D eigenvalue weighted by molar-refractivity contribution is 0.358. The maximum Gasteiger partial charge on any atom is 0.137 e. The fourth-order valence-electron chi connectivity index (χ4n) is 2.08. The van der Waals surface area contributed by atoms with E-state index in [1.54, 1.807) is 0 Å². The summed E-state index contributed by atoms with van der Waals surface area (Å²) >= 11 is 0. The molecule has 0 aliphatic carbocycles. The normalized spacial score (nSPS) is 14.7. The lowest BCUT2D eigenvalue weighted by Crippen LogP contribution is -2.25. The summed E-state index contributed by atoms with van der Waals surface area (Å²) in [5, 5.41) is 0. The van der Waals surface area contributed by atoms with E-state index in [2.05, 4.69) is 41.3 Å². The Kier molecular flexibility index (Phi) is 4.21. The number of rotatable bonds is 3. The molecule has 0 spiro atoms. The van der Waals surface area contributed by atoms with Crippen LogP contribution in [0.25, 0.3) is 0 Å². The molecule has 11 heavy (non-hydrogen) atoms. The van der Waals surface area contributed by atoms with E-state index in [9.17, 15) is 0 Å². The van der Waals surface area contributed by atoms with Gasteiger partial charge in [-0.05, 0) is 5.41 Å². The number of hydrogen-bond donors (Lipinski definition) is 0. The molecule has 0 nitrogen and oxygen atoms in total. The molecule has 0 radical (unpaired) electrons. The molecule has 0 fully saturated rings. The van der Waals surface area contributed by atoms with Gasteiger partial charge in [-0.25, -0.2) is 0 Å². The van der Waals surface area contributed by atoms with Crippen LogP contribution in [0.4, 0.5) is 0 Å². The molecule has 0 saturated carbocycles. The van der Waals surface area contributed by atoms with Crippen molar-refractivity contribution in [1.82, 2.24) is 0 Å². The van der Waals surface area contributed by atoms with Crippen LogP contribution in [0.3, 0.4) is 0 Å². The summed E-state index contributed by atoms with van der Waals surface area (Å²) < 4.78 is 0. The molecule has 0 N–H and O–H groups in total. The van der Waals surface area contributed by atoms with Gasteiger partial charge in [0, 0.05) is 0 Å². The van der Waals surface area contributed by atoms with Gasteiger partial charge in [0.2, 0.25) is 0 Å². The molecule has 1 atom stereocenters. The van der Waals surface area contributed by atoms with Gasteiger partial charge in [-0.3, -0.25) is 0 Å². The fraction of sp³-hybridized carbons (Fsp3) is 1.00. The van der Waals surface area contributed by atoms with E-state index in [1.807, 2.05) is 0 Å². The first-order valence-electron chi connectivity index (χ1n) is 4.89. The van der Waals surface area contributed by atoms with Gasteiger partial charge in [-0.15, -0.1) is 0 Å². The highest BCUT2D eigenvalue weighted by Gasteiger charge is 2.27. The maximum absolute atomic E-state index is 2.35. The molecule has 1 unspecified atom stereocenters. The molecule has 0 amide bonds. The molecule has 66 valence electrons. The van der Waals surface area contributed by atoms with Gasteiger partial charge in [-0.1, -0.05) is 60.0 Å². The molecular weight excluding hydrogens is 131 g/mol. The Hall–Kier alpha value is 0.0649. The van der Waals surface area contributed by atoms with Crippen LogP contribution in [-0.4, -0.2) is 6.71 Å². The van der Waals surface area contributed by atoms with Gasteiger partial charge >= 0.3 is 0 Å². The van der Waals surface area contributed by atoms with E-state index in [4.69, 9.17) is 0 Å². The zero-order valence-corrected chi connectivity index (χ0v) is 9.07. The average molecular weight is 154 g/mol. The molecular formula is C10H23B. The zero-order valence-electron chi connectivity index (χ0n) is 9.07. The van der Waals surface area contributed by atoms with E-state index in [0.717, 1.165) is 12.5 Å². The van der Waals surface area contributed by atoms with Crippen LogP contribution in [-0.2, 0) is 0 Å². The third kappa shape index (κ3) is 3.84. The van der Waals surface area contributed by atoms with Crippen molar-refractivity contribution in [1.29, 1.82) is 0 Å². The molecule has 0 bridgehead atoms. The Morgan fingerprint density at radius 3 is 1.73 bits per heavy atom. The zero-order chi connectivity index (χ0) is 9.07. The minimum absolute atomic E-state index is 0.490. The molecule has 0 saturated heterocycles. The van der Waals surface area contributed by atoms with E-state index in [1.165, 1.54) is 12.8 Å². The minimum Gasteiger partial charge on any atom is -0.0861 e. The second-order valence-electron chi connectivity index (χ2n) is 5.01. The quantitative estimate of drug-likeness (QED) is 0.539. The molecule has 0 rings (SSSR count). The predicted octanol–water partition coefficient (Wildman–Crippen LogP) is 3.96. The molecule has 0 aromatic carbocycles. The Morgan fingerprint density at radius 1 is 1.18 bits per heavy atom. The summed E-state index contributed by atoms with van der Waals surface area (Å²) in [5.41, 5.74) is 0.490. The third-order valence-electron chi connectivity index (χ3n) is 2.52. The van der Waals surface area contributed by atoms with E-state index < -0.39 is 0 Å². The van der Waals surface area contributed by atoms with Gasteiger partial charge in [0.1, 0.15) is 6.71 Å². The van der Waals surface area contributed by atoms with Crippen molar-refractivity contribution in [2.24, 2.45) is 5.41 Å². The average Bonchev–Trinajstić information content (AvgIpc) is 1.79. The van der Waals surface area contributed by atoms with E-state index in [0.29, 0.717) is 5.41 Å². The topological polar surface area (TPSA) is 0 Å². The Labute approximate surface area is 72.8 Å². The van der Waals surface area contributed by atoms with Crippen LogP contribution < -0.4 is 0 Å². The summed E-state index contributed by atoms with van der Waals surface area (Å²) in [6, 6.07) is 0. The smallest absolute Gasteiger partial charge is 0.0861 e. The first-order valence-corrected chi connectivity index (χ1v) is 4.89. The Morgan fingerprint density at radius 2 is 1.64 bits per heavy atom. The van der Waals surface area contributed by atoms with E-state index in [-0.39, 0.29) is 0 Å². The summed E-state index contributed by atoms with van der Waals surface area (Å²) in [5.74, 6) is 0.882. The largest absolute Gasteiger partial charge is 0.137 e. The Balaban J connectivity index is 4.10. The highest BCUT2D eigenvalue weighted by Crippen LogP contribution is 2.37. The Bertz CT molecular complexity index is 99.9. The first kappa shape index (κ1) is 11.1. The first-order chi connectivity index (χ1) is 4.89. The maximum atomic E-state index is 2.35. The highest BCUT2D eigenvalue weighted by molar-refractivity contribution is 6.57. The summed E-state index contributed by atoms with van der Waals surface area (Å²) in [6.07, 6.45) is 2.70. The van der Waals surface area contributed by atoms with Crippen molar-refractivity contribution >= 4 is 6.71 Å². The van der Waals surface area contributed by atoms with Gasteiger partial charge in [0.05, 0.1) is 0 Å². The summed E-state index contributed by atoms with van der Waals surface area (Å²) in [7, 11) is 0. The lowest BCUT2D eigenvalue weighted by atomic mass is 9.38. The second kappa shape index (κ2) is 4.18. The summed E-state index contributed by atoms with van der Waals surface area (Å²) in [6.45, 7) is 14.8. The predicted molar refractivity (Wildman–Crippen MR) is 55.6 cm³/mol. The van der Waals surface area contributed by atoms with Crippen LogP contribution in [0.1, 0.15) is 40.5 Å². The third-order valence-corrected chi connectivity index (χ3v) is 2.52. The van der Waals surface area contributed by atoms with Gasteiger partial charge < -0.3 is 0 Å². The van der Waals surface area contributed by atoms with Crippen LogP contribution in [0.5, 0.6) is 0 Å². The molecule has 0 aliphatic rings. The van der Waals surface area contributed by atoms with Crippen LogP contribution in [0.15, 0.2) is 0 Å². The molecule has 0 aromatic rings. The van der Waals surface area contributed by atoms with Crippen molar-refractivity contribution in [2.45, 2.75) is 60.0 Å². The van der Waals surface area contributed by atoms with Crippen molar-refractivity contribution in [2.75, 3.05) is 0 Å². The summed E-state index contributed by atoms with van der Waals surface area (Å²) in [4.78, 5) is 0. The lowest BCUT2D eigenvalue weighted by Gasteiger charge is -2.32. The molecule has 1 heteroatoms. The van der Waals surface area contributed by atoms with Crippen molar-refractivity contribution in [3.05, 3.63) is 0 Å². The fourth-order valence-corrected chi connectivity index (χ4v) is 2.08. The standard InChI is InChI=1S/C10H23B/c1-7-8-9(11(5)6)10(2,3)4/h9H,7-8H2,1-6H3. The van der Waals surface area contributed by atoms with Crippen molar-refractivity contribution in [3.8, 4) is 0 Å². The molecule has 0 aliphatic heterocycles.